The highest BCUT2D eigenvalue weighted by Crippen LogP contribution is 2.43. The fourth-order valence-electron chi connectivity index (χ4n) is 3.41. The average Bonchev–Trinajstić information content (AvgIpc) is 3.01. The third-order valence-electron chi connectivity index (χ3n) is 4.53. The van der Waals surface area contributed by atoms with Gasteiger partial charge in [0.25, 0.3) is 10.0 Å². The lowest BCUT2D eigenvalue weighted by molar-refractivity contribution is 0.0257. The number of piperidine rings is 1. The quantitative estimate of drug-likeness (QED) is 0.872. The number of aromatic carboxylic acids is 1. The van der Waals surface area contributed by atoms with Crippen molar-refractivity contribution in [2.24, 2.45) is 5.92 Å². The molecular formula is C13H17NO5S2. The van der Waals surface area contributed by atoms with Crippen LogP contribution in [0.25, 0.3) is 0 Å². The Labute approximate surface area is 127 Å². The zero-order valence-electron chi connectivity index (χ0n) is 11.5. The van der Waals surface area contributed by atoms with Crippen LogP contribution in [0.15, 0.2) is 16.3 Å². The molecule has 2 bridgehead atoms. The molecule has 116 valence electrons. The minimum Gasteiger partial charge on any atom is -0.477 e. The van der Waals surface area contributed by atoms with Gasteiger partial charge in [-0.15, -0.1) is 11.3 Å². The fourth-order valence-corrected chi connectivity index (χ4v) is 6.62. The Hall–Kier alpha value is -0.960. The maximum Gasteiger partial charge on any atom is 0.345 e. The Bertz CT molecular complexity index is 668. The second kappa shape index (κ2) is 5.05. The Morgan fingerprint density at radius 1 is 1.38 bits per heavy atom. The lowest BCUT2D eigenvalue weighted by Crippen LogP contribution is -2.52. The largest absolute Gasteiger partial charge is 0.477 e. The molecule has 2 saturated heterocycles. The fraction of sp³-hybridized carbons (Fsp3) is 0.615. The molecule has 0 spiro atoms. The van der Waals surface area contributed by atoms with E-state index in [1.165, 1.54) is 16.4 Å². The normalized spacial score (nSPS) is 33.2. The molecule has 6 nitrogen and oxygen atoms in total. The van der Waals surface area contributed by atoms with Crippen molar-refractivity contribution in [2.75, 3.05) is 0 Å². The molecule has 2 aliphatic heterocycles. The lowest BCUT2D eigenvalue weighted by atomic mass is 9.91. The topological polar surface area (TPSA) is 94.9 Å². The summed E-state index contributed by atoms with van der Waals surface area (Å²) >= 11 is 0.784. The molecule has 1 aromatic heterocycles. The summed E-state index contributed by atoms with van der Waals surface area (Å²) in [6.45, 7) is 1.87. The number of aliphatic hydroxyl groups excluding tert-OH is 1. The van der Waals surface area contributed by atoms with Crippen molar-refractivity contribution >= 4 is 27.3 Å². The van der Waals surface area contributed by atoms with Gasteiger partial charge >= 0.3 is 5.97 Å². The Kier molecular flexibility index (Phi) is 3.59. The summed E-state index contributed by atoms with van der Waals surface area (Å²) in [5.41, 5.74) is 0. The molecule has 4 unspecified atom stereocenters. The monoisotopic (exact) mass is 331 g/mol. The summed E-state index contributed by atoms with van der Waals surface area (Å²) in [6, 6.07) is 2.31. The Morgan fingerprint density at radius 2 is 2.10 bits per heavy atom. The van der Waals surface area contributed by atoms with E-state index in [1.54, 1.807) is 0 Å². The van der Waals surface area contributed by atoms with Gasteiger partial charge in [0, 0.05) is 12.1 Å². The van der Waals surface area contributed by atoms with Crippen molar-refractivity contribution in [1.29, 1.82) is 0 Å². The van der Waals surface area contributed by atoms with Crippen LogP contribution in [-0.2, 0) is 10.0 Å². The van der Waals surface area contributed by atoms with Gasteiger partial charge in [0.2, 0.25) is 0 Å². The van der Waals surface area contributed by atoms with E-state index >= 15 is 0 Å². The molecule has 0 radical (unpaired) electrons. The van der Waals surface area contributed by atoms with Gasteiger partial charge in [-0.1, -0.05) is 6.92 Å². The predicted molar refractivity (Wildman–Crippen MR) is 76.9 cm³/mol. The number of hydrogen-bond donors (Lipinski definition) is 2. The first-order chi connectivity index (χ1) is 9.82. The van der Waals surface area contributed by atoms with Gasteiger partial charge in [-0.25, -0.2) is 13.2 Å². The summed E-state index contributed by atoms with van der Waals surface area (Å²) in [7, 11) is -3.69. The first kappa shape index (κ1) is 15.0. The first-order valence-electron chi connectivity index (χ1n) is 6.87. The summed E-state index contributed by atoms with van der Waals surface area (Å²) in [5.74, 6) is -1.22. The molecular weight excluding hydrogens is 314 g/mol. The van der Waals surface area contributed by atoms with Crippen LogP contribution in [0.3, 0.4) is 0 Å². The smallest absolute Gasteiger partial charge is 0.345 e. The highest BCUT2D eigenvalue weighted by molar-refractivity contribution is 7.91. The van der Waals surface area contributed by atoms with Crippen molar-refractivity contribution in [3.8, 4) is 0 Å². The van der Waals surface area contributed by atoms with E-state index in [0.717, 1.165) is 24.2 Å². The molecule has 21 heavy (non-hydrogen) atoms. The van der Waals surface area contributed by atoms with E-state index in [4.69, 9.17) is 5.11 Å². The number of carboxylic acid groups (broad SMARTS) is 1. The van der Waals surface area contributed by atoms with E-state index in [9.17, 15) is 18.3 Å². The SMILES string of the molecule is CC1C(O)CC2CCC1N2S(=O)(=O)c1ccc(C(=O)O)s1. The standard InChI is InChI=1S/C13H17NO5S2/c1-7-9-3-2-8(6-10(7)15)14(9)21(18,19)12-5-4-11(20-12)13(16)17/h4-5,7-10,15H,2-3,6H2,1H3,(H,16,17). The van der Waals surface area contributed by atoms with Crippen molar-refractivity contribution in [2.45, 2.75) is 48.6 Å². The number of fused-ring (bicyclic) bond motifs is 2. The number of thiophene rings is 1. The summed E-state index contributed by atoms with van der Waals surface area (Å²) in [4.78, 5) is 10.9. The first-order valence-corrected chi connectivity index (χ1v) is 9.12. The number of aliphatic hydroxyl groups is 1. The van der Waals surface area contributed by atoms with Crippen molar-refractivity contribution in [1.82, 2.24) is 4.31 Å². The summed E-state index contributed by atoms with van der Waals surface area (Å²) in [6.07, 6.45) is 1.49. The van der Waals surface area contributed by atoms with E-state index in [2.05, 4.69) is 0 Å². The molecule has 0 aromatic carbocycles. The van der Waals surface area contributed by atoms with Gasteiger partial charge in [0.1, 0.15) is 9.09 Å². The summed E-state index contributed by atoms with van der Waals surface area (Å²) in [5, 5.41) is 18.9. The number of rotatable bonds is 3. The van der Waals surface area contributed by atoms with Crippen molar-refractivity contribution < 1.29 is 23.4 Å². The van der Waals surface area contributed by atoms with Crippen LogP contribution in [0.5, 0.6) is 0 Å². The third-order valence-corrected chi connectivity index (χ3v) is 8.05. The zero-order chi connectivity index (χ0) is 15.4. The van der Waals surface area contributed by atoms with Crippen LogP contribution in [0, 0.1) is 5.92 Å². The summed E-state index contributed by atoms with van der Waals surface area (Å²) < 4.78 is 27.2. The van der Waals surface area contributed by atoms with Gasteiger partial charge in [-0.2, -0.15) is 4.31 Å². The van der Waals surface area contributed by atoms with E-state index in [-0.39, 0.29) is 27.1 Å². The second-order valence-electron chi connectivity index (χ2n) is 5.72. The highest BCUT2D eigenvalue weighted by Gasteiger charge is 2.50. The molecule has 2 fully saturated rings. The van der Waals surface area contributed by atoms with Gasteiger partial charge in [0.05, 0.1) is 6.10 Å². The maximum atomic E-state index is 12.8. The maximum absolute atomic E-state index is 12.8. The van der Waals surface area contributed by atoms with Gasteiger partial charge in [-0.3, -0.25) is 0 Å². The van der Waals surface area contributed by atoms with Crippen LogP contribution >= 0.6 is 11.3 Å². The molecule has 3 heterocycles. The van der Waals surface area contributed by atoms with Crippen molar-refractivity contribution in [3.05, 3.63) is 17.0 Å². The minimum atomic E-state index is -3.69. The van der Waals surface area contributed by atoms with Gasteiger partial charge in [0.15, 0.2) is 0 Å². The van der Waals surface area contributed by atoms with Crippen molar-refractivity contribution in [3.63, 3.8) is 0 Å². The number of carbonyl (C=O) groups is 1. The van der Waals surface area contributed by atoms with E-state index < -0.39 is 22.1 Å². The van der Waals surface area contributed by atoms with Gasteiger partial charge < -0.3 is 10.2 Å². The third kappa shape index (κ3) is 2.30. The minimum absolute atomic E-state index is 0.0195. The van der Waals surface area contributed by atoms with Crippen LogP contribution in [0.1, 0.15) is 35.9 Å². The van der Waals surface area contributed by atoms with Crippen LogP contribution in [0.2, 0.25) is 0 Å². The number of nitrogens with zero attached hydrogens (tertiary/aromatic N) is 1. The number of sulfonamides is 1. The number of carboxylic acids is 1. The molecule has 0 aliphatic carbocycles. The van der Waals surface area contributed by atoms with E-state index in [0.29, 0.717) is 6.42 Å². The zero-order valence-corrected chi connectivity index (χ0v) is 13.1. The molecule has 0 saturated carbocycles. The second-order valence-corrected chi connectivity index (χ2v) is 8.87. The number of hydrogen-bond acceptors (Lipinski definition) is 5. The molecule has 4 atom stereocenters. The molecule has 8 heteroatoms. The van der Waals surface area contributed by atoms with Crippen LogP contribution < -0.4 is 0 Å². The molecule has 1 aromatic rings. The molecule has 0 amide bonds. The Morgan fingerprint density at radius 3 is 2.71 bits per heavy atom. The highest BCUT2D eigenvalue weighted by atomic mass is 32.2. The van der Waals surface area contributed by atoms with Crippen LogP contribution in [-0.4, -0.2) is 47.1 Å². The lowest BCUT2D eigenvalue weighted by Gasteiger charge is -2.40. The molecule has 2 aliphatic rings. The van der Waals surface area contributed by atoms with E-state index in [1.807, 2.05) is 6.92 Å². The predicted octanol–water partition coefficient (Wildman–Crippen LogP) is 1.37. The Balaban J connectivity index is 1.97. The molecule has 2 N–H and O–H groups in total. The van der Waals surface area contributed by atoms with Gasteiger partial charge in [-0.05, 0) is 37.3 Å². The average molecular weight is 331 g/mol. The molecule has 3 rings (SSSR count). The van der Waals surface area contributed by atoms with Crippen LogP contribution in [0.4, 0.5) is 0 Å².